The van der Waals surface area contributed by atoms with Gasteiger partial charge in [-0.05, 0) is 72.1 Å². The van der Waals surface area contributed by atoms with Gasteiger partial charge < -0.3 is 20.4 Å². The lowest BCUT2D eigenvalue weighted by Gasteiger charge is -2.50. The van der Waals surface area contributed by atoms with E-state index in [-0.39, 0.29) is 34.0 Å². The zero-order valence-corrected chi connectivity index (χ0v) is 20.6. The number of fused-ring (bicyclic) bond motifs is 1. The van der Waals surface area contributed by atoms with E-state index in [2.05, 4.69) is 0 Å². The third kappa shape index (κ3) is 4.31. The molecule has 1 fully saturated rings. The van der Waals surface area contributed by atoms with Crippen molar-refractivity contribution in [2.75, 3.05) is 0 Å². The van der Waals surface area contributed by atoms with E-state index in [4.69, 9.17) is 0 Å². The Balaban J connectivity index is 2.03. The Morgan fingerprint density at radius 2 is 1.76 bits per heavy atom. The second-order valence-electron chi connectivity index (χ2n) is 10.7. The van der Waals surface area contributed by atoms with Crippen LogP contribution in [0.4, 0.5) is 0 Å². The van der Waals surface area contributed by atoms with E-state index in [9.17, 15) is 34.8 Å². The molecule has 0 saturated heterocycles. The smallest absolute Gasteiger partial charge is 0.331 e. The fraction of sp³-hybridized carbons (Fsp3) is 0.593. The molecule has 0 spiro atoms. The number of carbonyl (C=O) groups excluding carboxylic acids is 2. The van der Waals surface area contributed by atoms with E-state index in [0.717, 1.165) is 5.57 Å². The molecule has 34 heavy (non-hydrogen) atoms. The van der Waals surface area contributed by atoms with Gasteiger partial charge in [0.15, 0.2) is 0 Å². The maximum absolute atomic E-state index is 13.2. The van der Waals surface area contributed by atoms with Crippen molar-refractivity contribution in [1.29, 1.82) is 0 Å². The van der Waals surface area contributed by atoms with Crippen molar-refractivity contribution in [2.45, 2.75) is 84.8 Å². The summed E-state index contributed by atoms with van der Waals surface area (Å²) in [6, 6.07) is 0. The Bertz CT molecular complexity index is 1040. The van der Waals surface area contributed by atoms with Crippen molar-refractivity contribution in [3.05, 3.63) is 45.8 Å². The van der Waals surface area contributed by atoms with E-state index in [1.54, 1.807) is 13.0 Å². The number of rotatable bonds is 7. The van der Waals surface area contributed by atoms with Gasteiger partial charge in [-0.2, -0.15) is 0 Å². The molecule has 2 unspecified atom stereocenters. The topological polar surface area (TPSA) is 132 Å². The molecule has 0 aromatic heterocycles. The van der Waals surface area contributed by atoms with Crippen LogP contribution >= 0.6 is 0 Å². The lowest BCUT2D eigenvalue weighted by Crippen LogP contribution is -2.53. The van der Waals surface area contributed by atoms with Gasteiger partial charge in [-0.15, -0.1) is 0 Å². The molecule has 4 N–H and O–H groups in total. The minimum atomic E-state index is -1.27. The summed E-state index contributed by atoms with van der Waals surface area (Å²) in [5.74, 6) is -3.82. The van der Waals surface area contributed by atoms with Gasteiger partial charge in [0.2, 0.25) is 11.6 Å². The van der Waals surface area contributed by atoms with Crippen molar-refractivity contribution < 1.29 is 34.8 Å². The molecule has 3 rings (SSSR count). The maximum atomic E-state index is 13.2. The molecule has 0 bridgehead atoms. The summed E-state index contributed by atoms with van der Waals surface area (Å²) < 4.78 is 0. The minimum Gasteiger partial charge on any atom is -0.507 e. The third-order valence-corrected chi connectivity index (χ3v) is 8.09. The predicted octanol–water partition coefficient (Wildman–Crippen LogP) is 3.96. The Hall–Kier alpha value is -2.51. The molecule has 7 heteroatoms. The molecule has 0 aromatic carbocycles. The largest absolute Gasteiger partial charge is 0.507 e. The number of carbonyl (C=O) groups is 3. The van der Waals surface area contributed by atoms with Crippen LogP contribution in [0, 0.1) is 17.3 Å². The van der Waals surface area contributed by atoms with Gasteiger partial charge in [-0.3, -0.25) is 9.59 Å². The van der Waals surface area contributed by atoms with Crippen molar-refractivity contribution in [3.8, 4) is 0 Å². The Labute approximate surface area is 200 Å². The molecular formula is C27H36O7. The van der Waals surface area contributed by atoms with Gasteiger partial charge in [0.25, 0.3) is 0 Å². The summed E-state index contributed by atoms with van der Waals surface area (Å²) >= 11 is 0. The standard InChI is InChI=1S/C27H36O7/c1-14(2)8-6-9-16(25(32)33)10-7-12-26(4)17-11-13-27(5,34)19(17)23(30)18-20(26)24(31)22(29)15(3)21(18)28/h8,10,17,19,23,28,30,34H,6-7,9,11-13H2,1-5H3,(H,32,33)/b16-10-/t17-,19+,23-,26?,27?/m1/s1. The molecule has 5 atom stereocenters. The Morgan fingerprint density at radius 3 is 2.35 bits per heavy atom. The SMILES string of the molecule is CC(C)=CCC/C(=C/CCC1(C)C2=C(C(O)=C(C)C(=O)C2=O)[C@@H](O)[C@@H]2[C@H]1CCC2(C)O)C(=O)O. The van der Waals surface area contributed by atoms with Crippen molar-refractivity contribution in [3.63, 3.8) is 0 Å². The number of aliphatic hydroxyl groups excluding tert-OH is 2. The molecule has 1 saturated carbocycles. The Kier molecular flexibility index (Phi) is 7.11. The molecule has 3 aliphatic rings. The quantitative estimate of drug-likeness (QED) is 0.191. The fourth-order valence-electron chi connectivity index (χ4n) is 6.23. The van der Waals surface area contributed by atoms with Gasteiger partial charge in [0.05, 0.1) is 11.7 Å². The molecular weight excluding hydrogens is 436 g/mol. The first-order chi connectivity index (χ1) is 15.7. The van der Waals surface area contributed by atoms with Crippen LogP contribution in [0.15, 0.2) is 45.8 Å². The number of hydrogen-bond acceptors (Lipinski definition) is 6. The number of ketones is 2. The molecule has 0 radical (unpaired) electrons. The van der Waals surface area contributed by atoms with Gasteiger partial charge >= 0.3 is 5.97 Å². The van der Waals surface area contributed by atoms with Crippen LogP contribution in [0.3, 0.4) is 0 Å². The molecule has 0 aliphatic heterocycles. The zero-order chi connectivity index (χ0) is 25.6. The van der Waals surface area contributed by atoms with Crippen LogP contribution < -0.4 is 0 Å². The average Bonchev–Trinajstić information content (AvgIpc) is 3.07. The zero-order valence-electron chi connectivity index (χ0n) is 20.6. The van der Waals surface area contributed by atoms with Crippen molar-refractivity contribution >= 4 is 17.5 Å². The number of allylic oxidation sites excluding steroid dienone is 5. The van der Waals surface area contributed by atoms with Gasteiger partial charge in [-0.1, -0.05) is 24.6 Å². The summed E-state index contributed by atoms with van der Waals surface area (Å²) in [6.07, 6.45) is 5.01. The van der Waals surface area contributed by atoms with E-state index in [1.807, 2.05) is 26.8 Å². The summed E-state index contributed by atoms with van der Waals surface area (Å²) in [7, 11) is 0. The highest BCUT2D eigenvalue weighted by atomic mass is 16.4. The van der Waals surface area contributed by atoms with E-state index < -0.39 is 40.6 Å². The highest BCUT2D eigenvalue weighted by Crippen LogP contribution is 2.61. The number of Topliss-reactive ketones (excluding diaryl/α,β-unsaturated/α-hetero) is 2. The van der Waals surface area contributed by atoms with Crippen molar-refractivity contribution in [2.24, 2.45) is 17.3 Å². The fourth-order valence-corrected chi connectivity index (χ4v) is 6.23. The Morgan fingerprint density at radius 1 is 1.12 bits per heavy atom. The summed E-state index contributed by atoms with van der Waals surface area (Å²) in [6.45, 7) is 8.76. The molecule has 186 valence electrons. The van der Waals surface area contributed by atoms with Gasteiger partial charge in [0, 0.05) is 33.6 Å². The van der Waals surface area contributed by atoms with E-state index in [0.29, 0.717) is 38.5 Å². The van der Waals surface area contributed by atoms with Crippen LogP contribution in [-0.4, -0.2) is 49.7 Å². The van der Waals surface area contributed by atoms with Crippen LogP contribution in [0.1, 0.15) is 73.1 Å². The number of aliphatic hydroxyl groups is 3. The van der Waals surface area contributed by atoms with E-state index >= 15 is 0 Å². The predicted molar refractivity (Wildman–Crippen MR) is 127 cm³/mol. The molecule has 0 heterocycles. The summed E-state index contributed by atoms with van der Waals surface area (Å²) in [5, 5.41) is 42.7. The average molecular weight is 473 g/mol. The third-order valence-electron chi connectivity index (χ3n) is 8.09. The monoisotopic (exact) mass is 472 g/mol. The first-order valence-electron chi connectivity index (χ1n) is 11.9. The van der Waals surface area contributed by atoms with Gasteiger partial charge in [0.1, 0.15) is 5.76 Å². The normalized spacial score (nSPS) is 33.7. The summed E-state index contributed by atoms with van der Waals surface area (Å²) in [4.78, 5) is 37.6. The molecule has 0 amide bonds. The first kappa shape index (κ1) is 26.1. The summed E-state index contributed by atoms with van der Waals surface area (Å²) in [5.41, 5.74) is -0.670. The van der Waals surface area contributed by atoms with Gasteiger partial charge in [-0.25, -0.2) is 4.79 Å². The van der Waals surface area contributed by atoms with Crippen molar-refractivity contribution in [1.82, 2.24) is 0 Å². The number of carboxylic acid groups (broad SMARTS) is 1. The lowest BCUT2D eigenvalue weighted by atomic mass is 9.54. The number of carboxylic acids is 1. The van der Waals surface area contributed by atoms with Crippen LogP contribution in [0.25, 0.3) is 0 Å². The molecule has 0 aromatic rings. The highest BCUT2D eigenvalue weighted by molar-refractivity contribution is 6.50. The van der Waals surface area contributed by atoms with Crippen LogP contribution in [-0.2, 0) is 14.4 Å². The van der Waals surface area contributed by atoms with Crippen LogP contribution in [0.2, 0.25) is 0 Å². The second-order valence-corrected chi connectivity index (χ2v) is 10.7. The first-order valence-corrected chi connectivity index (χ1v) is 11.9. The second kappa shape index (κ2) is 9.27. The highest BCUT2D eigenvalue weighted by Gasteiger charge is 2.62. The molecule has 3 aliphatic carbocycles. The van der Waals surface area contributed by atoms with E-state index in [1.165, 1.54) is 6.92 Å². The lowest BCUT2D eigenvalue weighted by molar-refractivity contribution is -0.135. The minimum absolute atomic E-state index is 0.0408. The number of aliphatic carboxylic acids is 1. The maximum Gasteiger partial charge on any atom is 0.331 e. The number of hydrogen-bond donors (Lipinski definition) is 4. The molecule has 7 nitrogen and oxygen atoms in total. The van der Waals surface area contributed by atoms with Crippen LogP contribution in [0.5, 0.6) is 0 Å².